The molecule has 7 nitrogen and oxygen atoms in total. The summed E-state index contributed by atoms with van der Waals surface area (Å²) < 4.78 is 10.4. The number of methoxy groups -OCH3 is 2. The van der Waals surface area contributed by atoms with Crippen LogP contribution in [-0.2, 0) is 138 Å². The molecule has 0 atom stereocenters. The van der Waals surface area contributed by atoms with Crippen molar-refractivity contribution in [2.45, 2.75) is 0 Å². The van der Waals surface area contributed by atoms with Crippen molar-refractivity contribution in [3.63, 3.8) is 0 Å². The zero-order chi connectivity index (χ0) is 45.6. The van der Waals surface area contributed by atoms with E-state index in [1.165, 1.54) is 32.0 Å². The number of anilines is 3. The maximum Gasteiger partial charge on any atom is 0.340 e. The summed E-state index contributed by atoms with van der Waals surface area (Å²) in [7, 11) is 22.5. The summed E-state index contributed by atoms with van der Waals surface area (Å²) in [4.78, 5) is 38.5. The summed E-state index contributed by atoms with van der Waals surface area (Å²) in [6, 6.07) is 52.8. The molecule has 2 heterocycles. The molecule has 0 radical (unpaired) electrons. The van der Waals surface area contributed by atoms with Gasteiger partial charge in [-0.15, -0.1) is 0 Å². The lowest BCUT2D eigenvalue weighted by atomic mass is 10.0. The van der Waals surface area contributed by atoms with Gasteiger partial charge in [-0.2, -0.15) is 0 Å². The third kappa shape index (κ3) is 14.9. The topological polar surface area (TPSA) is 81.6 Å². The molecule has 332 valence electrons. The van der Waals surface area contributed by atoms with Crippen molar-refractivity contribution < 1.29 is 19.1 Å². The third-order valence-electron chi connectivity index (χ3n) is 8.88. The van der Waals surface area contributed by atoms with Crippen LogP contribution in [0.15, 0.2) is 164 Å². The molecule has 65 heavy (non-hydrogen) atoms. The minimum atomic E-state index is -0.624. The molecule has 2 aromatic heterocycles. The predicted molar refractivity (Wildman–Crippen MR) is 304 cm³/mol. The van der Waals surface area contributed by atoms with Gasteiger partial charge in [0.15, 0.2) is 0 Å². The third-order valence-corrected chi connectivity index (χ3v) is 33.3. The number of carbonyl (C=O) groups is 2. The number of pyridine rings is 2. The molecule has 5 aromatic carbocycles. The molecule has 0 spiro atoms. The van der Waals surface area contributed by atoms with Crippen LogP contribution in [0.1, 0.15) is 20.7 Å². The fraction of sp³-hybridized carbons (Fsp3) is 0.0455. The van der Waals surface area contributed by atoms with Crippen molar-refractivity contribution in [1.82, 2.24) is 9.97 Å². The van der Waals surface area contributed by atoms with Gasteiger partial charge >= 0.3 is 11.9 Å². The predicted octanol–water partition coefficient (Wildman–Crippen LogP) is 10.2. The summed E-state index contributed by atoms with van der Waals surface area (Å²) in [6.45, 7) is 0. The van der Waals surface area contributed by atoms with Gasteiger partial charge in [0, 0.05) is 140 Å². The molecule has 0 aliphatic heterocycles. The van der Waals surface area contributed by atoms with E-state index in [-0.39, 0.29) is 16.8 Å². The van der Waals surface area contributed by atoms with E-state index >= 15 is 0 Å². The van der Waals surface area contributed by atoms with Gasteiger partial charge in [0.1, 0.15) is 11.6 Å². The number of ether oxygens (including phenoxy) is 2. The molecule has 0 aliphatic carbocycles. The van der Waals surface area contributed by atoms with Crippen LogP contribution in [0.2, 0.25) is 0 Å². The average Bonchev–Trinajstić information content (AvgIpc) is 3.37. The first-order chi connectivity index (χ1) is 31.9. The normalized spacial score (nSPS) is 9.94. The second-order valence-corrected chi connectivity index (χ2v) is 33.7. The number of hydrogen-bond acceptors (Lipinski definition) is 9. The SMILES string of the molecule is COC(=O)c1cccc(C(=O)OC)c1N(c1cccc(-c2ccc(-c3ccccc3)cc2)n1)c1cccc(-c2ccc(-c3ccccc3)cc2)n1.S=S=S=S=S=S=S=S=S=S=S=S=S=S. The van der Waals surface area contributed by atoms with Crippen molar-refractivity contribution in [2.24, 2.45) is 0 Å². The summed E-state index contributed by atoms with van der Waals surface area (Å²) in [5, 5.41) is 0. The number of aromatic nitrogens is 2. The van der Waals surface area contributed by atoms with E-state index in [0.717, 1.165) is 33.4 Å². The van der Waals surface area contributed by atoms with E-state index in [1.807, 2.05) is 97.1 Å². The average molecular weight is 1120 g/mol. The molecule has 7 aromatic rings. The highest BCUT2D eigenvalue weighted by atomic mass is 33.5. The molecule has 0 fully saturated rings. The quantitative estimate of drug-likeness (QED) is 0.131. The lowest BCUT2D eigenvalue weighted by molar-refractivity contribution is 0.0601. The van der Waals surface area contributed by atoms with Crippen LogP contribution in [0.3, 0.4) is 0 Å². The molecule has 0 amide bonds. The summed E-state index contributed by atoms with van der Waals surface area (Å²) in [6.07, 6.45) is 0. The first kappa shape index (κ1) is 50.6. The molecule has 0 saturated heterocycles. The van der Waals surface area contributed by atoms with Crippen LogP contribution in [0.4, 0.5) is 17.3 Å². The fourth-order valence-electron chi connectivity index (χ4n) is 6.14. The van der Waals surface area contributed by atoms with Crippen molar-refractivity contribution in [3.05, 3.63) is 175 Å². The fourth-order valence-corrected chi connectivity index (χ4v) is 33.6. The van der Waals surface area contributed by atoms with Gasteiger partial charge in [-0.05, 0) is 58.7 Å². The molecule has 21 heteroatoms. The van der Waals surface area contributed by atoms with E-state index in [1.54, 1.807) is 112 Å². The summed E-state index contributed by atoms with van der Waals surface area (Å²) in [5.74, 6) is -0.377. The number of benzene rings is 5. The maximum absolute atomic E-state index is 13.3. The Morgan fingerprint density at radius 1 is 0.400 bits per heavy atom. The van der Waals surface area contributed by atoms with E-state index in [4.69, 9.17) is 41.8 Å². The van der Waals surface area contributed by atoms with Gasteiger partial charge in [-0.1, -0.05) is 127 Å². The highest BCUT2D eigenvalue weighted by Crippen LogP contribution is 2.40. The van der Waals surface area contributed by atoms with Crippen LogP contribution in [0, 0.1) is 0 Å². The van der Waals surface area contributed by atoms with E-state index in [9.17, 15) is 9.59 Å². The van der Waals surface area contributed by atoms with Crippen LogP contribution < -0.4 is 4.90 Å². The zero-order valence-corrected chi connectivity index (χ0v) is 45.2. The minimum Gasteiger partial charge on any atom is -0.465 e. The maximum atomic E-state index is 13.3. The van der Waals surface area contributed by atoms with Crippen LogP contribution >= 0.6 is 0 Å². The van der Waals surface area contributed by atoms with Crippen LogP contribution in [0.25, 0.3) is 44.8 Å². The molecule has 0 aliphatic rings. The number of para-hydroxylation sites is 1. The molecule has 0 N–H and O–H groups in total. The first-order valence-electron chi connectivity index (χ1n) is 18.6. The lowest BCUT2D eigenvalue weighted by Crippen LogP contribution is -2.21. The number of hydrogen-bond donors (Lipinski definition) is 0. The van der Waals surface area contributed by atoms with Gasteiger partial charge in [-0.25, -0.2) is 19.6 Å². The van der Waals surface area contributed by atoms with Crippen molar-refractivity contribution in [3.8, 4) is 44.8 Å². The Balaban J connectivity index is 0.000000433. The summed E-state index contributed by atoms with van der Waals surface area (Å²) >= 11 is 9.43. The Kier molecular flexibility index (Phi) is 21.6. The van der Waals surface area contributed by atoms with Gasteiger partial charge < -0.3 is 9.47 Å². The standard InChI is InChI=1S/C44H33N3O4.S14/c1-50-43(48)36-16-9-17-37(44(49)51-2)42(36)47(40-20-10-18-38(45-40)34-26-22-32(23-27-34)30-12-5-3-6-13-30)41-21-11-19-39(46-41)35-28-24-33(25-29-35)31-14-7-4-8-15-31;1-3-5-7-9-11-13-14-12-10-8-6-4-2/h3-29H,1-2H3;. The molecular formula is C44H33N3O4S14. The minimum absolute atomic E-state index is 0.152. The van der Waals surface area contributed by atoms with Crippen molar-refractivity contribution in [1.29, 1.82) is 0 Å². The first-order valence-corrected chi connectivity index (χ1v) is 35.9. The van der Waals surface area contributed by atoms with E-state index in [2.05, 4.69) is 48.5 Å². The molecule has 0 bridgehead atoms. The number of nitrogens with zero attached hydrogens (tertiary/aromatic N) is 3. The van der Waals surface area contributed by atoms with Crippen LogP contribution in [0.5, 0.6) is 0 Å². The summed E-state index contributed by atoms with van der Waals surface area (Å²) in [5.41, 5.74) is 8.13. The van der Waals surface area contributed by atoms with Crippen molar-refractivity contribution in [2.75, 3.05) is 19.1 Å². The molecule has 0 saturated carbocycles. The lowest BCUT2D eigenvalue weighted by Gasteiger charge is -2.27. The smallest absolute Gasteiger partial charge is 0.340 e. The monoisotopic (exact) mass is 1110 g/mol. The zero-order valence-electron chi connectivity index (χ0n) is 33.8. The van der Waals surface area contributed by atoms with Gasteiger partial charge in [0.05, 0.1) is 42.4 Å². The Morgan fingerprint density at radius 2 is 0.723 bits per heavy atom. The highest BCUT2D eigenvalue weighted by Gasteiger charge is 2.29. The largest absolute Gasteiger partial charge is 0.465 e. The Hall–Kier alpha value is -3.78. The number of rotatable bonds is 9. The van der Waals surface area contributed by atoms with Gasteiger partial charge in [0.25, 0.3) is 0 Å². The Bertz CT molecular complexity index is 3140. The number of carbonyl (C=O) groups excluding carboxylic acids is 2. The highest BCUT2D eigenvalue weighted by molar-refractivity contribution is 8.76. The molecule has 7 rings (SSSR count). The molecular weight excluding hydrogens is 1080 g/mol. The van der Waals surface area contributed by atoms with E-state index in [0.29, 0.717) is 23.0 Å². The van der Waals surface area contributed by atoms with Crippen molar-refractivity contribution >= 4 is 158 Å². The van der Waals surface area contributed by atoms with Gasteiger partial charge in [0.2, 0.25) is 0 Å². The number of esters is 2. The second kappa shape index (κ2) is 27.8. The Labute approximate surface area is 421 Å². The Morgan fingerprint density at radius 3 is 1.08 bits per heavy atom. The van der Waals surface area contributed by atoms with E-state index < -0.39 is 11.9 Å². The van der Waals surface area contributed by atoms with Gasteiger partial charge in [-0.3, -0.25) is 4.90 Å². The molecule has 0 unspecified atom stereocenters. The van der Waals surface area contributed by atoms with Crippen LogP contribution in [-0.4, -0.2) is 36.1 Å². The second-order valence-electron chi connectivity index (χ2n) is 12.5.